The van der Waals surface area contributed by atoms with Gasteiger partial charge in [0.05, 0.1) is 18.8 Å². The molecule has 0 N–H and O–H groups in total. The zero-order chi connectivity index (χ0) is 13.5. The monoisotopic (exact) mass is 252 g/mol. The molecule has 1 fully saturated rings. The molecule has 0 spiro atoms. The second-order valence-corrected chi connectivity index (χ2v) is 4.98. The molecule has 1 aromatic rings. The lowest BCUT2D eigenvalue weighted by Gasteiger charge is -2.21. The van der Waals surface area contributed by atoms with Crippen molar-refractivity contribution in [2.24, 2.45) is 0 Å². The van der Waals surface area contributed by atoms with Crippen LogP contribution in [0.15, 0.2) is 10.5 Å². The number of aryl methyl sites for hydroxylation is 1. The van der Waals surface area contributed by atoms with Crippen molar-refractivity contribution in [3.8, 4) is 0 Å². The summed E-state index contributed by atoms with van der Waals surface area (Å²) in [6.45, 7) is 7.63. The van der Waals surface area contributed by atoms with Crippen LogP contribution in [0.1, 0.15) is 36.9 Å². The van der Waals surface area contributed by atoms with E-state index in [0.717, 1.165) is 0 Å². The molecule has 2 heterocycles. The molecule has 0 amide bonds. The van der Waals surface area contributed by atoms with Gasteiger partial charge in [-0.05, 0) is 33.8 Å². The highest BCUT2D eigenvalue weighted by molar-refractivity contribution is 6.60. The maximum Gasteiger partial charge on any atom is 0.532 e. The molecule has 0 aromatic carbocycles. The van der Waals surface area contributed by atoms with Crippen LogP contribution in [0.4, 0.5) is 0 Å². The number of ether oxygens (including phenoxy) is 1. The molecule has 1 saturated heterocycles. The normalized spacial score (nSPS) is 22.3. The lowest BCUT2D eigenvalue weighted by molar-refractivity contribution is 0.0565. The van der Waals surface area contributed by atoms with Gasteiger partial charge in [-0.2, -0.15) is 0 Å². The van der Waals surface area contributed by atoms with Crippen LogP contribution in [0, 0.1) is 6.92 Å². The van der Waals surface area contributed by atoms with E-state index in [1.54, 1.807) is 13.0 Å². The van der Waals surface area contributed by atoms with Crippen molar-refractivity contribution < 1.29 is 23.3 Å². The van der Waals surface area contributed by atoms with Gasteiger partial charge in [0.25, 0.3) is 0 Å². The Bertz CT molecular complexity index is 465. The van der Waals surface area contributed by atoms with Crippen molar-refractivity contribution >= 4 is 18.7 Å². The minimum atomic E-state index is -0.577. The number of hydrogen-bond acceptors (Lipinski definition) is 5. The molecule has 0 bridgehead atoms. The van der Waals surface area contributed by atoms with Crippen LogP contribution >= 0.6 is 0 Å². The van der Waals surface area contributed by atoms with Crippen LogP contribution in [-0.4, -0.2) is 31.9 Å². The van der Waals surface area contributed by atoms with E-state index in [0.29, 0.717) is 11.2 Å². The van der Waals surface area contributed by atoms with Gasteiger partial charge in [-0.3, -0.25) is 0 Å². The van der Waals surface area contributed by atoms with Gasteiger partial charge in [0, 0.05) is 5.56 Å². The van der Waals surface area contributed by atoms with E-state index in [2.05, 4.69) is 4.74 Å². The highest BCUT2D eigenvalue weighted by Gasteiger charge is 2.46. The van der Waals surface area contributed by atoms with Crippen molar-refractivity contribution in [1.82, 2.24) is 0 Å². The topological polar surface area (TPSA) is 57.9 Å². The summed E-state index contributed by atoms with van der Waals surface area (Å²) in [5.41, 5.74) is 0.822. The molecule has 1 atom stereocenters. The van der Waals surface area contributed by atoms with Crippen molar-refractivity contribution in [2.45, 2.75) is 39.4 Å². The highest BCUT2D eigenvalue weighted by Crippen LogP contribution is 2.27. The van der Waals surface area contributed by atoms with Gasteiger partial charge in [-0.15, -0.1) is 0 Å². The Kier molecular flexibility index (Phi) is 3.25. The molecule has 0 aliphatic carbocycles. The van der Waals surface area contributed by atoms with Gasteiger partial charge in [-0.25, -0.2) is 4.79 Å². The van der Waals surface area contributed by atoms with Crippen molar-refractivity contribution in [3.05, 3.63) is 17.4 Å². The molecular weight excluding hydrogens is 235 g/mol. The fourth-order valence-corrected chi connectivity index (χ4v) is 1.79. The van der Waals surface area contributed by atoms with Crippen LogP contribution in [0.2, 0.25) is 0 Å². The average molecular weight is 252 g/mol. The van der Waals surface area contributed by atoms with E-state index in [-0.39, 0.29) is 17.5 Å². The summed E-state index contributed by atoms with van der Waals surface area (Å²) in [5, 5.41) is 0. The number of esters is 1. The zero-order valence-corrected chi connectivity index (χ0v) is 11.3. The van der Waals surface area contributed by atoms with Crippen LogP contribution in [0.25, 0.3) is 0 Å². The molecule has 0 radical (unpaired) electrons. The molecule has 1 aromatic heterocycles. The Balaban J connectivity index is 2.24. The molecule has 5 nitrogen and oxygen atoms in total. The fourth-order valence-electron chi connectivity index (χ4n) is 1.79. The van der Waals surface area contributed by atoms with Gasteiger partial charge in [0.1, 0.15) is 5.66 Å². The standard InChI is InChI=1S/C12H17BO5/c1-7-6-9(16-10(7)11(14)15-5)13-17-8(2)12(3,4)18-13/h6,8H,1-5H3. The Morgan fingerprint density at radius 3 is 2.67 bits per heavy atom. The molecule has 2 rings (SSSR count). The largest absolute Gasteiger partial charge is 0.532 e. The quantitative estimate of drug-likeness (QED) is 0.586. The third kappa shape index (κ3) is 2.18. The summed E-state index contributed by atoms with van der Waals surface area (Å²) in [5.74, 6) is -0.305. The summed E-state index contributed by atoms with van der Waals surface area (Å²) in [6.07, 6.45) is -0.0468. The fraction of sp³-hybridized carbons (Fsp3) is 0.583. The first-order chi connectivity index (χ1) is 8.35. The minimum Gasteiger partial charge on any atom is -0.463 e. The third-order valence-electron chi connectivity index (χ3n) is 3.26. The summed E-state index contributed by atoms with van der Waals surface area (Å²) in [6, 6.07) is 1.74. The molecule has 1 aliphatic rings. The summed E-state index contributed by atoms with van der Waals surface area (Å²) in [4.78, 5) is 11.5. The molecule has 6 heteroatoms. The van der Waals surface area contributed by atoms with E-state index < -0.39 is 13.1 Å². The number of hydrogen-bond donors (Lipinski definition) is 0. The molecule has 1 unspecified atom stereocenters. The van der Waals surface area contributed by atoms with E-state index >= 15 is 0 Å². The van der Waals surface area contributed by atoms with Gasteiger partial charge in [-0.1, -0.05) is 0 Å². The van der Waals surface area contributed by atoms with E-state index in [9.17, 15) is 4.79 Å². The summed E-state index contributed by atoms with van der Waals surface area (Å²) < 4.78 is 21.5. The number of methoxy groups -OCH3 is 1. The second kappa shape index (κ2) is 4.44. The van der Waals surface area contributed by atoms with Crippen LogP contribution < -0.4 is 5.66 Å². The Hall–Kier alpha value is -1.27. The zero-order valence-electron chi connectivity index (χ0n) is 11.3. The van der Waals surface area contributed by atoms with E-state index in [1.165, 1.54) is 7.11 Å². The third-order valence-corrected chi connectivity index (χ3v) is 3.26. The number of rotatable bonds is 2. The Morgan fingerprint density at radius 1 is 1.50 bits per heavy atom. The molecule has 18 heavy (non-hydrogen) atoms. The lowest BCUT2D eigenvalue weighted by Crippen LogP contribution is -2.34. The number of carbonyl (C=O) groups excluding carboxylic acids is 1. The first-order valence-electron chi connectivity index (χ1n) is 5.87. The Labute approximate surface area is 107 Å². The van der Waals surface area contributed by atoms with Crippen LogP contribution in [0.5, 0.6) is 0 Å². The molecule has 98 valence electrons. The first-order valence-corrected chi connectivity index (χ1v) is 5.87. The summed E-state index contributed by atoms with van der Waals surface area (Å²) >= 11 is 0. The molecular formula is C12H17BO5. The maximum atomic E-state index is 11.5. The first kappa shape index (κ1) is 13.2. The smallest absolute Gasteiger partial charge is 0.463 e. The van der Waals surface area contributed by atoms with Crippen molar-refractivity contribution in [2.75, 3.05) is 7.11 Å². The predicted octanol–water partition coefficient (Wildman–Crippen LogP) is 1.28. The van der Waals surface area contributed by atoms with E-state index in [1.807, 2.05) is 20.8 Å². The van der Waals surface area contributed by atoms with E-state index in [4.69, 9.17) is 13.7 Å². The van der Waals surface area contributed by atoms with Crippen LogP contribution in [-0.2, 0) is 14.0 Å². The maximum absolute atomic E-state index is 11.5. The van der Waals surface area contributed by atoms with Gasteiger partial charge >= 0.3 is 13.1 Å². The Morgan fingerprint density at radius 2 is 2.17 bits per heavy atom. The van der Waals surface area contributed by atoms with Gasteiger partial charge in [0.15, 0.2) is 0 Å². The second-order valence-electron chi connectivity index (χ2n) is 4.98. The highest BCUT2D eigenvalue weighted by atomic mass is 16.7. The average Bonchev–Trinajstić information content (AvgIpc) is 2.80. The SMILES string of the molecule is COC(=O)c1oc(B2OC(C)C(C)(C)O2)cc1C. The van der Waals surface area contributed by atoms with Gasteiger partial charge < -0.3 is 18.5 Å². The van der Waals surface area contributed by atoms with Crippen LogP contribution in [0.3, 0.4) is 0 Å². The van der Waals surface area contributed by atoms with Crippen molar-refractivity contribution in [3.63, 3.8) is 0 Å². The number of carbonyl (C=O) groups is 1. The number of furan rings is 1. The molecule has 1 aliphatic heterocycles. The lowest BCUT2D eigenvalue weighted by atomic mass is 9.86. The molecule has 0 saturated carbocycles. The predicted molar refractivity (Wildman–Crippen MR) is 65.9 cm³/mol. The van der Waals surface area contributed by atoms with Crippen molar-refractivity contribution in [1.29, 1.82) is 0 Å². The summed E-state index contributed by atoms with van der Waals surface area (Å²) in [7, 11) is 0.740. The minimum absolute atomic E-state index is 0.0468. The van der Waals surface area contributed by atoms with Gasteiger partial charge in [0.2, 0.25) is 5.76 Å².